The van der Waals surface area contributed by atoms with Crippen LogP contribution in [0.15, 0.2) is 54.6 Å². The van der Waals surface area contributed by atoms with Gasteiger partial charge in [0.15, 0.2) is 11.6 Å². The van der Waals surface area contributed by atoms with E-state index < -0.39 is 53.4 Å². The van der Waals surface area contributed by atoms with Crippen LogP contribution in [0.4, 0.5) is 18.0 Å². The predicted molar refractivity (Wildman–Crippen MR) is 130 cm³/mol. The number of aliphatic carboxylic acids is 1. The third-order valence-electron chi connectivity index (χ3n) is 5.44. The van der Waals surface area contributed by atoms with Crippen molar-refractivity contribution in [3.63, 3.8) is 0 Å². The Morgan fingerprint density at radius 1 is 1.00 bits per heavy atom. The molecule has 38 heavy (non-hydrogen) atoms. The Hall–Kier alpha value is -3.80. The average molecular weight is 541 g/mol. The number of carboxylic acids is 1. The lowest BCUT2D eigenvalue weighted by molar-refractivity contribution is -0.274. The summed E-state index contributed by atoms with van der Waals surface area (Å²) in [5.74, 6) is -3.43. The molecule has 12 heteroatoms. The lowest BCUT2D eigenvalue weighted by atomic mass is 9.86. The van der Waals surface area contributed by atoms with Gasteiger partial charge in [-0.1, -0.05) is 49.4 Å². The number of aliphatic hydroxyl groups is 1. The number of hydrogen-bond donors (Lipinski definition) is 4. The smallest absolute Gasteiger partial charge is 0.479 e. The van der Waals surface area contributed by atoms with E-state index in [0.29, 0.717) is 5.56 Å². The zero-order chi connectivity index (χ0) is 28.7. The summed E-state index contributed by atoms with van der Waals surface area (Å²) in [7, 11) is 0. The van der Waals surface area contributed by atoms with E-state index in [1.54, 1.807) is 51.1 Å². The fourth-order valence-corrected chi connectivity index (χ4v) is 3.69. The van der Waals surface area contributed by atoms with Crippen LogP contribution < -0.4 is 15.4 Å². The topological polar surface area (TPSA) is 134 Å². The van der Waals surface area contributed by atoms with Gasteiger partial charge in [-0.2, -0.15) is 0 Å². The Kier molecular flexibility index (Phi) is 9.74. The molecule has 0 saturated heterocycles. The van der Waals surface area contributed by atoms with Crippen LogP contribution in [0.3, 0.4) is 0 Å². The van der Waals surface area contributed by atoms with Crippen LogP contribution in [0.1, 0.15) is 45.2 Å². The van der Waals surface area contributed by atoms with E-state index in [-0.39, 0.29) is 18.4 Å². The minimum Gasteiger partial charge on any atom is -0.479 e. The zero-order valence-electron chi connectivity index (χ0n) is 21.3. The highest BCUT2D eigenvalue weighted by molar-refractivity contribution is 5.90. The second-order valence-corrected chi connectivity index (χ2v) is 9.52. The molecule has 0 aliphatic heterocycles. The Bertz CT molecular complexity index is 1120. The summed E-state index contributed by atoms with van der Waals surface area (Å²) in [5.41, 5.74) is -2.66. The maximum absolute atomic E-state index is 13.2. The molecule has 0 aromatic heterocycles. The summed E-state index contributed by atoms with van der Waals surface area (Å²) in [6, 6.07) is 11.5. The van der Waals surface area contributed by atoms with E-state index >= 15 is 0 Å². The molecule has 0 bridgehead atoms. The first kappa shape index (κ1) is 30.4. The van der Waals surface area contributed by atoms with Gasteiger partial charge >= 0.3 is 18.4 Å². The quantitative estimate of drug-likeness (QED) is 0.359. The molecule has 0 radical (unpaired) electrons. The van der Waals surface area contributed by atoms with Crippen molar-refractivity contribution in [3.8, 4) is 5.75 Å². The number of carbonyl (C=O) groups is 3. The molecule has 3 atom stereocenters. The molecule has 0 fully saturated rings. The molecule has 0 spiro atoms. The SMILES string of the molecule is CC[C@@](NC(=O)[C@@H](O)[C@@H](Cc1ccccc1)NC(=O)OC(C)(C)C)(C(=O)O)c1cccc(OC(F)(F)F)c1. The van der Waals surface area contributed by atoms with Gasteiger partial charge in [-0.15, -0.1) is 13.2 Å². The van der Waals surface area contributed by atoms with Crippen molar-refractivity contribution in [2.45, 2.75) is 70.2 Å². The number of nitrogens with one attached hydrogen (secondary N) is 2. The van der Waals surface area contributed by atoms with Crippen LogP contribution in [0.2, 0.25) is 0 Å². The number of carboxylic acid groups (broad SMARTS) is 1. The van der Waals surface area contributed by atoms with Gasteiger partial charge in [0.05, 0.1) is 6.04 Å². The first-order valence-corrected chi connectivity index (χ1v) is 11.7. The fraction of sp³-hybridized carbons (Fsp3) is 0.423. The normalized spacial score (nSPS) is 14.9. The summed E-state index contributed by atoms with van der Waals surface area (Å²) in [4.78, 5) is 38.0. The van der Waals surface area contributed by atoms with Crippen molar-refractivity contribution >= 4 is 18.0 Å². The largest absolute Gasteiger partial charge is 0.573 e. The standard InChI is InChI=1S/C26H31F3N2O7/c1-5-25(22(34)35,17-12-9-13-18(15-17)37-26(27,28)29)31-21(33)20(32)19(14-16-10-7-6-8-11-16)30-23(36)38-24(2,3)4/h6-13,15,19-20,32H,5,14H2,1-4H3,(H,30,36)(H,31,33)(H,34,35)/t19-,20+,25+/m1/s1. The maximum Gasteiger partial charge on any atom is 0.573 e. The molecule has 2 aromatic rings. The van der Waals surface area contributed by atoms with E-state index in [4.69, 9.17) is 4.74 Å². The minimum absolute atomic E-state index is 0.0181. The summed E-state index contributed by atoms with van der Waals surface area (Å²) in [5, 5.41) is 25.7. The highest BCUT2D eigenvalue weighted by atomic mass is 19.4. The summed E-state index contributed by atoms with van der Waals surface area (Å²) in [6.45, 7) is 6.28. The number of benzene rings is 2. The van der Waals surface area contributed by atoms with Gasteiger partial charge in [0.2, 0.25) is 0 Å². The lowest BCUT2D eigenvalue weighted by Gasteiger charge is -2.33. The molecule has 2 aromatic carbocycles. The van der Waals surface area contributed by atoms with Crippen LogP contribution >= 0.6 is 0 Å². The van der Waals surface area contributed by atoms with Crippen LogP contribution in [-0.4, -0.2) is 52.3 Å². The van der Waals surface area contributed by atoms with Crippen molar-refractivity contribution in [2.24, 2.45) is 0 Å². The Labute approximate surface area is 217 Å². The van der Waals surface area contributed by atoms with Gasteiger partial charge in [0.1, 0.15) is 11.4 Å². The van der Waals surface area contributed by atoms with Gasteiger partial charge in [0.25, 0.3) is 5.91 Å². The monoisotopic (exact) mass is 540 g/mol. The number of carbonyl (C=O) groups excluding carboxylic acids is 2. The molecule has 0 saturated carbocycles. The molecule has 0 aliphatic rings. The number of rotatable bonds is 10. The summed E-state index contributed by atoms with van der Waals surface area (Å²) in [6.07, 6.45) is -8.20. The van der Waals surface area contributed by atoms with E-state index in [0.717, 1.165) is 18.2 Å². The lowest BCUT2D eigenvalue weighted by Crippen LogP contribution is -2.58. The van der Waals surface area contributed by atoms with Gasteiger partial charge < -0.3 is 30.3 Å². The van der Waals surface area contributed by atoms with Crippen LogP contribution in [0.25, 0.3) is 0 Å². The second-order valence-electron chi connectivity index (χ2n) is 9.52. The molecule has 2 rings (SSSR count). The highest BCUT2D eigenvalue weighted by Gasteiger charge is 2.43. The molecule has 0 heterocycles. The first-order chi connectivity index (χ1) is 17.6. The third kappa shape index (κ3) is 8.65. The van der Waals surface area contributed by atoms with E-state index in [1.165, 1.54) is 13.0 Å². The Morgan fingerprint density at radius 2 is 1.63 bits per heavy atom. The third-order valence-corrected chi connectivity index (χ3v) is 5.44. The number of alkyl halides is 3. The summed E-state index contributed by atoms with van der Waals surface area (Å²) < 4.78 is 47.3. The highest BCUT2D eigenvalue weighted by Crippen LogP contribution is 2.31. The molecule has 208 valence electrons. The van der Waals surface area contributed by atoms with E-state index in [9.17, 15) is 37.8 Å². The number of ether oxygens (including phenoxy) is 2. The minimum atomic E-state index is -5.02. The fourth-order valence-electron chi connectivity index (χ4n) is 3.69. The molecule has 2 amide bonds. The number of halogens is 3. The Balaban J connectivity index is 2.38. The van der Waals surface area contributed by atoms with Gasteiger partial charge in [0, 0.05) is 0 Å². The molecule has 0 unspecified atom stereocenters. The predicted octanol–water partition coefficient (Wildman–Crippen LogP) is 3.89. The summed E-state index contributed by atoms with van der Waals surface area (Å²) >= 11 is 0. The first-order valence-electron chi connectivity index (χ1n) is 11.7. The number of amides is 2. The van der Waals surface area contributed by atoms with Crippen molar-refractivity contribution in [1.82, 2.24) is 10.6 Å². The molecule has 9 nitrogen and oxygen atoms in total. The van der Waals surface area contributed by atoms with Crippen LogP contribution in [0, 0.1) is 0 Å². The molecule has 0 aliphatic carbocycles. The van der Waals surface area contributed by atoms with Crippen molar-refractivity contribution in [3.05, 3.63) is 65.7 Å². The Morgan fingerprint density at radius 3 is 2.16 bits per heavy atom. The molecule has 4 N–H and O–H groups in total. The second kappa shape index (κ2) is 12.2. The number of aliphatic hydroxyl groups excluding tert-OH is 1. The number of alkyl carbamates (subject to hydrolysis) is 1. The van der Waals surface area contributed by atoms with Crippen molar-refractivity contribution in [1.29, 1.82) is 0 Å². The van der Waals surface area contributed by atoms with Crippen LogP contribution in [0.5, 0.6) is 5.75 Å². The number of hydrogen-bond acceptors (Lipinski definition) is 6. The van der Waals surface area contributed by atoms with Gasteiger partial charge in [-0.05, 0) is 56.9 Å². The van der Waals surface area contributed by atoms with Crippen molar-refractivity contribution in [2.75, 3.05) is 0 Å². The van der Waals surface area contributed by atoms with Crippen LogP contribution in [-0.2, 0) is 26.3 Å². The average Bonchev–Trinajstić information content (AvgIpc) is 2.80. The maximum atomic E-state index is 13.2. The van der Waals surface area contributed by atoms with Gasteiger partial charge in [-0.25, -0.2) is 9.59 Å². The van der Waals surface area contributed by atoms with Gasteiger partial charge in [-0.3, -0.25) is 4.79 Å². The van der Waals surface area contributed by atoms with E-state index in [1.807, 2.05) is 0 Å². The zero-order valence-corrected chi connectivity index (χ0v) is 21.3. The molecular weight excluding hydrogens is 509 g/mol. The van der Waals surface area contributed by atoms with Crippen molar-refractivity contribution < 1.29 is 47.2 Å². The van der Waals surface area contributed by atoms with E-state index in [2.05, 4.69) is 15.4 Å². The molecular formula is C26H31F3N2O7.